The van der Waals surface area contributed by atoms with E-state index in [9.17, 15) is 9.59 Å². The lowest BCUT2D eigenvalue weighted by Crippen LogP contribution is -2.17. The van der Waals surface area contributed by atoms with Gasteiger partial charge in [0.25, 0.3) is 5.91 Å². The van der Waals surface area contributed by atoms with Gasteiger partial charge in [-0.1, -0.05) is 0 Å². The molecule has 1 heterocycles. The Morgan fingerprint density at radius 2 is 2.05 bits per heavy atom. The Morgan fingerprint density at radius 3 is 2.58 bits per heavy atom. The molecule has 0 atom stereocenters. The summed E-state index contributed by atoms with van der Waals surface area (Å²) in [6.45, 7) is 0. The fraction of sp³-hybridized carbons (Fsp3) is 0.0909. The summed E-state index contributed by atoms with van der Waals surface area (Å²) in [5.74, 6) is 0.0379. The molecule has 0 spiro atoms. The van der Waals surface area contributed by atoms with E-state index in [4.69, 9.17) is 5.73 Å². The number of hydrogen-bond acceptors (Lipinski definition) is 6. The third-order valence-electron chi connectivity index (χ3n) is 2.39. The van der Waals surface area contributed by atoms with Crippen LogP contribution in [0.3, 0.4) is 0 Å². The molecule has 1 amide bonds. The Hall–Kier alpha value is -2.90. The number of nitrogens with one attached hydrogen (secondary N) is 2. The number of amides is 1. The highest BCUT2D eigenvalue weighted by atomic mass is 16.1. The van der Waals surface area contributed by atoms with E-state index < -0.39 is 0 Å². The molecular weight excluding hydrogens is 248 g/mol. The van der Waals surface area contributed by atoms with Gasteiger partial charge in [0.15, 0.2) is 0 Å². The van der Waals surface area contributed by atoms with Gasteiger partial charge >= 0.3 is 0 Å². The Morgan fingerprint density at radius 1 is 1.37 bits per heavy atom. The van der Waals surface area contributed by atoms with Crippen LogP contribution >= 0.6 is 0 Å². The number of carbonyl (C=O) groups is 2. The van der Waals surface area contributed by atoms with Crippen molar-refractivity contribution in [3.05, 3.63) is 29.8 Å². The fourth-order valence-corrected chi connectivity index (χ4v) is 1.44. The number of nitrogens with zero attached hydrogens (tertiary/aromatic N) is 3. The van der Waals surface area contributed by atoms with Gasteiger partial charge in [-0.05, 0) is 24.3 Å². The molecule has 0 fully saturated rings. The van der Waals surface area contributed by atoms with E-state index in [1.54, 1.807) is 31.3 Å². The zero-order valence-electron chi connectivity index (χ0n) is 10.1. The van der Waals surface area contributed by atoms with Crippen molar-refractivity contribution in [2.24, 2.45) is 0 Å². The SMILES string of the molecule is CNC(=O)c1ccc(Nc2nc(N)n(C=O)n2)cc1. The maximum absolute atomic E-state index is 11.4. The lowest BCUT2D eigenvalue weighted by molar-refractivity contribution is 0.0963. The second-order valence-electron chi connectivity index (χ2n) is 3.63. The molecule has 0 bridgehead atoms. The molecule has 0 aliphatic rings. The molecule has 1 aromatic carbocycles. The van der Waals surface area contributed by atoms with Crippen LogP contribution < -0.4 is 16.4 Å². The normalized spacial score (nSPS) is 9.95. The Balaban J connectivity index is 2.14. The van der Waals surface area contributed by atoms with Gasteiger partial charge in [-0.3, -0.25) is 9.59 Å². The number of rotatable bonds is 4. The number of anilines is 3. The smallest absolute Gasteiger partial charge is 0.251 e. The predicted molar refractivity (Wildman–Crippen MR) is 69.7 cm³/mol. The van der Waals surface area contributed by atoms with Crippen LogP contribution in [0.25, 0.3) is 0 Å². The molecule has 4 N–H and O–H groups in total. The molecule has 0 radical (unpaired) electrons. The molecule has 1 aromatic heterocycles. The van der Waals surface area contributed by atoms with E-state index in [1.165, 1.54) is 0 Å². The van der Waals surface area contributed by atoms with Gasteiger partial charge in [-0.15, -0.1) is 5.10 Å². The van der Waals surface area contributed by atoms with Crippen molar-refractivity contribution in [2.75, 3.05) is 18.1 Å². The quantitative estimate of drug-likeness (QED) is 0.666. The van der Waals surface area contributed by atoms with Gasteiger partial charge in [0.1, 0.15) is 0 Å². The zero-order chi connectivity index (χ0) is 13.8. The van der Waals surface area contributed by atoms with Crippen molar-refractivity contribution in [3.8, 4) is 0 Å². The minimum absolute atomic E-state index is 0.000481. The van der Waals surface area contributed by atoms with E-state index in [0.29, 0.717) is 17.7 Å². The third kappa shape index (κ3) is 2.68. The van der Waals surface area contributed by atoms with Crippen molar-refractivity contribution < 1.29 is 9.59 Å². The molecule has 0 unspecified atom stereocenters. The minimum atomic E-state index is -0.167. The summed E-state index contributed by atoms with van der Waals surface area (Å²) in [6.07, 6.45) is 0.461. The van der Waals surface area contributed by atoms with Crippen molar-refractivity contribution in [2.45, 2.75) is 0 Å². The molecule has 0 saturated heterocycles. The summed E-state index contributed by atoms with van der Waals surface area (Å²) < 4.78 is 0.918. The number of benzene rings is 1. The van der Waals surface area contributed by atoms with Crippen molar-refractivity contribution in [3.63, 3.8) is 0 Å². The Bertz CT molecular complexity index is 604. The van der Waals surface area contributed by atoms with Crippen LogP contribution in [0.5, 0.6) is 0 Å². The van der Waals surface area contributed by atoms with Crippen LogP contribution in [0.1, 0.15) is 10.4 Å². The molecule has 19 heavy (non-hydrogen) atoms. The summed E-state index contributed by atoms with van der Waals surface area (Å²) >= 11 is 0. The lowest BCUT2D eigenvalue weighted by atomic mass is 10.2. The van der Waals surface area contributed by atoms with E-state index in [1.807, 2.05) is 0 Å². The molecule has 0 aliphatic heterocycles. The van der Waals surface area contributed by atoms with Crippen molar-refractivity contribution >= 4 is 29.9 Å². The number of hydrogen-bond donors (Lipinski definition) is 3. The first-order valence-electron chi connectivity index (χ1n) is 5.40. The van der Waals surface area contributed by atoms with Gasteiger partial charge in [-0.25, -0.2) is 0 Å². The summed E-state index contributed by atoms with van der Waals surface area (Å²) in [5.41, 5.74) is 6.67. The first kappa shape index (κ1) is 12.6. The number of aromatic nitrogens is 3. The van der Waals surface area contributed by atoms with E-state index in [0.717, 1.165) is 4.68 Å². The Labute approximate surface area is 108 Å². The van der Waals surface area contributed by atoms with Gasteiger partial charge in [-0.2, -0.15) is 9.67 Å². The summed E-state index contributed by atoms with van der Waals surface area (Å²) in [6, 6.07) is 6.70. The van der Waals surface area contributed by atoms with E-state index in [2.05, 4.69) is 20.7 Å². The summed E-state index contributed by atoms with van der Waals surface area (Å²) in [5, 5.41) is 9.22. The number of nitrogens with two attached hydrogens (primary N) is 1. The first-order chi connectivity index (χ1) is 9.13. The number of nitrogen functional groups attached to an aromatic ring is 1. The summed E-state index contributed by atoms with van der Waals surface area (Å²) in [4.78, 5) is 25.8. The van der Waals surface area contributed by atoms with Gasteiger partial charge in [0.2, 0.25) is 18.3 Å². The average molecular weight is 260 g/mol. The Kier molecular flexibility index (Phi) is 3.42. The van der Waals surface area contributed by atoms with Crippen molar-refractivity contribution in [1.82, 2.24) is 20.1 Å². The average Bonchev–Trinajstić information content (AvgIpc) is 2.78. The van der Waals surface area contributed by atoms with Gasteiger partial charge in [0.05, 0.1) is 0 Å². The molecule has 0 saturated carbocycles. The molecule has 2 aromatic rings. The highest BCUT2D eigenvalue weighted by Crippen LogP contribution is 2.14. The van der Waals surface area contributed by atoms with E-state index in [-0.39, 0.29) is 17.8 Å². The van der Waals surface area contributed by atoms with Crippen LogP contribution in [0.15, 0.2) is 24.3 Å². The monoisotopic (exact) mass is 260 g/mol. The van der Waals surface area contributed by atoms with Gasteiger partial charge in [0, 0.05) is 18.3 Å². The van der Waals surface area contributed by atoms with Crippen molar-refractivity contribution in [1.29, 1.82) is 0 Å². The lowest BCUT2D eigenvalue weighted by Gasteiger charge is -2.03. The highest BCUT2D eigenvalue weighted by Gasteiger charge is 2.07. The molecule has 8 heteroatoms. The third-order valence-corrected chi connectivity index (χ3v) is 2.39. The second-order valence-corrected chi connectivity index (χ2v) is 3.63. The minimum Gasteiger partial charge on any atom is -0.368 e. The standard InChI is InChI=1S/C11H12N6O2/c1-13-9(19)7-2-4-8(5-3-7)14-11-15-10(12)17(6-18)16-11/h2-6H,1H3,(H,13,19)(H3,12,14,15,16). The largest absolute Gasteiger partial charge is 0.368 e. The maximum Gasteiger partial charge on any atom is 0.251 e. The van der Waals surface area contributed by atoms with Crippen LogP contribution in [-0.4, -0.2) is 34.1 Å². The van der Waals surface area contributed by atoms with Crippen LogP contribution in [-0.2, 0) is 4.79 Å². The van der Waals surface area contributed by atoms with E-state index >= 15 is 0 Å². The molecule has 98 valence electrons. The molecule has 2 rings (SSSR count). The first-order valence-corrected chi connectivity index (χ1v) is 5.40. The second kappa shape index (κ2) is 5.17. The molecule has 0 aliphatic carbocycles. The van der Waals surface area contributed by atoms with Gasteiger partial charge < -0.3 is 16.4 Å². The fourth-order valence-electron chi connectivity index (χ4n) is 1.44. The topological polar surface area (TPSA) is 115 Å². The van der Waals surface area contributed by atoms with Crippen LogP contribution in [0.2, 0.25) is 0 Å². The van der Waals surface area contributed by atoms with Crippen LogP contribution in [0.4, 0.5) is 17.6 Å². The zero-order valence-corrected chi connectivity index (χ0v) is 10.1. The van der Waals surface area contributed by atoms with Crippen LogP contribution in [0, 0.1) is 0 Å². The summed E-state index contributed by atoms with van der Waals surface area (Å²) in [7, 11) is 1.56. The molecular formula is C11H12N6O2. The highest BCUT2D eigenvalue weighted by molar-refractivity contribution is 5.94. The maximum atomic E-state index is 11.4. The predicted octanol–water partition coefficient (Wildman–Crippen LogP) is 0.00180. The molecule has 8 nitrogen and oxygen atoms in total. The number of carbonyl (C=O) groups excluding carboxylic acids is 2.